The average molecular weight is 318 g/mol. The molecule has 0 N–H and O–H groups in total. The van der Waals surface area contributed by atoms with Crippen LogP contribution in [0, 0.1) is 0 Å². The summed E-state index contributed by atoms with van der Waals surface area (Å²) < 4.78 is 11.1. The van der Waals surface area contributed by atoms with Crippen molar-refractivity contribution in [1.82, 2.24) is 4.90 Å². The molecule has 0 aromatic heterocycles. The number of nitrogens with zero attached hydrogens (tertiary/aromatic N) is 1. The third kappa shape index (κ3) is 3.80. The largest absolute Gasteiger partial charge is 0.497 e. The van der Waals surface area contributed by atoms with E-state index in [4.69, 9.17) is 21.1 Å². The molecule has 22 heavy (non-hydrogen) atoms. The highest BCUT2D eigenvalue weighted by molar-refractivity contribution is 6.30. The molecule has 2 aromatic carbocycles. The SMILES string of the molecule is COc1ccc(CN2CCO[C@H](c3ccc(Cl)cc3)C2)cc1. The fraction of sp³-hybridized carbons (Fsp3) is 0.333. The molecule has 1 aliphatic heterocycles. The number of hydrogen-bond acceptors (Lipinski definition) is 3. The lowest BCUT2D eigenvalue weighted by atomic mass is 10.1. The quantitative estimate of drug-likeness (QED) is 0.853. The highest BCUT2D eigenvalue weighted by Crippen LogP contribution is 2.24. The van der Waals surface area contributed by atoms with Gasteiger partial charge in [0.15, 0.2) is 0 Å². The van der Waals surface area contributed by atoms with Crippen LogP contribution in [0.4, 0.5) is 0 Å². The van der Waals surface area contributed by atoms with Crippen LogP contribution >= 0.6 is 11.6 Å². The van der Waals surface area contributed by atoms with Crippen LogP contribution in [0.5, 0.6) is 5.75 Å². The number of methoxy groups -OCH3 is 1. The average Bonchev–Trinajstić information content (AvgIpc) is 2.56. The van der Waals surface area contributed by atoms with Crippen LogP contribution in [0.3, 0.4) is 0 Å². The minimum absolute atomic E-state index is 0.115. The van der Waals surface area contributed by atoms with Crippen molar-refractivity contribution in [3.8, 4) is 5.75 Å². The van der Waals surface area contributed by atoms with Crippen LogP contribution in [0.25, 0.3) is 0 Å². The third-order valence-electron chi connectivity index (χ3n) is 3.96. The molecule has 116 valence electrons. The molecule has 0 unspecified atom stereocenters. The van der Waals surface area contributed by atoms with E-state index < -0.39 is 0 Å². The Hall–Kier alpha value is -1.55. The van der Waals surface area contributed by atoms with E-state index in [0.717, 1.165) is 37.0 Å². The second kappa shape index (κ2) is 7.14. The van der Waals surface area contributed by atoms with Gasteiger partial charge in [-0.25, -0.2) is 0 Å². The molecule has 1 atom stereocenters. The highest BCUT2D eigenvalue weighted by atomic mass is 35.5. The molecule has 3 nitrogen and oxygen atoms in total. The first-order valence-electron chi connectivity index (χ1n) is 7.47. The van der Waals surface area contributed by atoms with E-state index in [-0.39, 0.29) is 6.10 Å². The maximum absolute atomic E-state index is 5.95. The monoisotopic (exact) mass is 317 g/mol. The summed E-state index contributed by atoms with van der Waals surface area (Å²) >= 11 is 5.95. The van der Waals surface area contributed by atoms with Gasteiger partial charge >= 0.3 is 0 Å². The normalized spacial score (nSPS) is 19.1. The van der Waals surface area contributed by atoms with Crippen LogP contribution in [0.1, 0.15) is 17.2 Å². The zero-order valence-corrected chi connectivity index (χ0v) is 13.4. The van der Waals surface area contributed by atoms with Gasteiger partial charge in [0, 0.05) is 24.7 Å². The Balaban J connectivity index is 1.63. The number of rotatable bonds is 4. The Morgan fingerprint density at radius 2 is 1.86 bits per heavy atom. The van der Waals surface area contributed by atoms with Crippen molar-refractivity contribution in [3.05, 3.63) is 64.7 Å². The summed E-state index contributed by atoms with van der Waals surface area (Å²) in [5, 5.41) is 0.759. The van der Waals surface area contributed by atoms with Crippen LogP contribution in [0.2, 0.25) is 5.02 Å². The molecule has 2 aromatic rings. The molecule has 1 aliphatic rings. The minimum atomic E-state index is 0.115. The van der Waals surface area contributed by atoms with E-state index in [2.05, 4.69) is 17.0 Å². The molecule has 0 amide bonds. The van der Waals surface area contributed by atoms with E-state index in [0.29, 0.717) is 0 Å². The molecule has 1 fully saturated rings. The van der Waals surface area contributed by atoms with Crippen LogP contribution in [0.15, 0.2) is 48.5 Å². The van der Waals surface area contributed by atoms with E-state index >= 15 is 0 Å². The first kappa shape index (κ1) is 15.3. The van der Waals surface area contributed by atoms with E-state index in [1.165, 1.54) is 11.1 Å². The Morgan fingerprint density at radius 1 is 1.14 bits per heavy atom. The molecule has 1 saturated heterocycles. The summed E-state index contributed by atoms with van der Waals surface area (Å²) in [6.07, 6.45) is 0.115. The van der Waals surface area contributed by atoms with Gasteiger partial charge in [-0.1, -0.05) is 35.9 Å². The summed E-state index contributed by atoms with van der Waals surface area (Å²) in [7, 11) is 1.69. The number of benzene rings is 2. The predicted octanol–water partition coefficient (Wildman–Crippen LogP) is 3.92. The van der Waals surface area contributed by atoms with Crippen molar-refractivity contribution < 1.29 is 9.47 Å². The number of morpholine rings is 1. The number of hydrogen-bond donors (Lipinski definition) is 0. The molecule has 0 saturated carbocycles. The Bertz CT molecular complexity index is 597. The summed E-state index contributed by atoms with van der Waals surface area (Å²) in [6, 6.07) is 16.2. The predicted molar refractivity (Wildman–Crippen MR) is 88.4 cm³/mol. The van der Waals surface area contributed by atoms with Crippen molar-refractivity contribution in [3.63, 3.8) is 0 Å². The van der Waals surface area contributed by atoms with Gasteiger partial charge in [0.1, 0.15) is 5.75 Å². The van der Waals surface area contributed by atoms with Crippen molar-refractivity contribution in [2.24, 2.45) is 0 Å². The molecule has 0 spiro atoms. The van der Waals surface area contributed by atoms with Crippen molar-refractivity contribution in [2.45, 2.75) is 12.6 Å². The lowest BCUT2D eigenvalue weighted by molar-refractivity contribution is -0.0329. The number of halogens is 1. The van der Waals surface area contributed by atoms with Gasteiger partial charge in [-0.3, -0.25) is 4.90 Å². The van der Waals surface area contributed by atoms with E-state index in [9.17, 15) is 0 Å². The van der Waals surface area contributed by atoms with Gasteiger partial charge in [-0.15, -0.1) is 0 Å². The van der Waals surface area contributed by atoms with Gasteiger partial charge in [0.05, 0.1) is 19.8 Å². The van der Waals surface area contributed by atoms with Gasteiger partial charge in [0.25, 0.3) is 0 Å². The molecule has 0 bridgehead atoms. The first-order chi connectivity index (χ1) is 10.7. The van der Waals surface area contributed by atoms with Crippen LogP contribution in [-0.4, -0.2) is 31.7 Å². The molecule has 1 heterocycles. The topological polar surface area (TPSA) is 21.7 Å². The standard InChI is InChI=1S/C18H20ClNO2/c1-21-17-8-2-14(3-9-17)12-20-10-11-22-18(13-20)15-4-6-16(19)7-5-15/h2-9,18H,10-13H2,1H3/t18-/m0/s1. The molecule has 0 aliphatic carbocycles. The summed E-state index contributed by atoms with van der Waals surface area (Å²) in [4.78, 5) is 2.42. The lowest BCUT2D eigenvalue weighted by Gasteiger charge is -2.33. The number of ether oxygens (including phenoxy) is 2. The van der Waals surface area contributed by atoms with Gasteiger partial charge in [0.2, 0.25) is 0 Å². The summed E-state index contributed by atoms with van der Waals surface area (Å²) in [5.74, 6) is 0.893. The lowest BCUT2D eigenvalue weighted by Crippen LogP contribution is -2.37. The van der Waals surface area contributed by atoms with Crippen LogP contribution in [-0.2, 0) is 11.3 Å². The van der Waals surface area contributed by atoms with Gasteiger partial charge in [-0.05, 0) is 35.4 Å². The van der Waals surface area contributed by atoms with Gasteiger partial charge in [-0.2, -0.15) is 0 Å². The Morgan fingerprint density at radius 3 is 2.55 bits per heavy atom. The second-order valence-corrected chi connectivity index (χ2v) is 5.93. The smallest absolute Gasteiger partial charge is 0.118 e. The molecular weight excluding hydrogens is 298 g/mol. The third-order valence-corrected chi connectivity index (χ3v) is 4.21. The fourth-order valence-electron chi connectivity index (χ4n) is 2.71. The van der Waals surface area contributed by atoms with E-state index in [1.54, 1.807) is 7.11 Å². The first-order valence-corrected chi connectivity index (χ1v) is 7.85. The van der Waals surface area contributed by atoms with Crippen molar-refractivity contribution in [2.75, 3.05) is 26.8 Å². The van der Waals surface area contributed by atoms with Crippen molar-refractivity contribution >= 4 is 11.6 Å². The highest BCUT2D eigenvalue weighted by Gasteiger charge is 2.21. The zero-order valence-electron chi connectivity index (χ0n) is 12.7. The fourth-order valence-corrected chi connectivity index (χ4v) is 2.84. The summed E-state index contributed by atoms with van der Waals surface area (Å²) in [6.45, 7) is 3.53. The minimum Gasteiger partial charge on any atom is -0.497 e. The molecular formula is C18H20ClNO2. The molecule has 0 radical (unpaired) electrons. The van der Waals surface area contributed by atoms with Crippen LogP contribution < -0.4 is 4.74 Å². The Labute approximate surface area is 136 Å². The Kier molecular flexibility index (Phi) is 4.98. The molecule has 4 heteroatoms. The van der Waals surface area contributed by atoms with E-state index in [1.807, 2.05) is 36.4 Å². The molecule has 3 rings (SSSR count). The van der Waals surface area contributed by atoms with Gasteiger partial charge < -0.3 is 9.47 Å². The maximum Gasteiger partial charge on any atom is 0.118 e. The zero-order chi connectivity index (χ0) is 15.4. The second-order valence-electron chi connectivity index (χ2n) is 5.49. The summed E-state index contributed by atoms with van der Waals surface area (Å²) in [5.41, 5.74) is 2.47. The maximum atomic E-state index is 5.95. The van der Waals surface area contributed by atoms with Crippen molar-refractivity contribution in [1.29, 1.82) is 0 Å².